The minimum absolute atomic E-state index is 0.749. The van der Waals surface area contributed by atoms with E-state index in [0.717, 1.165) is 37.1 Å². The van der Waals surface area contributed by atoms with Crippen LogP contribution in [0.4, 0.5) is 0 Å². The molecule has 0 spiro atoms. The molecular formula is C18H13Br2ClO. The normalized spacial score (nSPS) is 10.9. The van der Waals surface area contributed by atoms with Crippen molar-refractivity contribution in [2.45, 2.75) is 6.42 Å². The molecule has 0 radical (unpaired) electrons. The molecule has 0 atom stereocenters. The van der Waals surface area contributed by atoms with Crippen molar-refractivity contribution in [3.8, 4) is 5.75 Å². The van der Waals surface area contributed by atoms with Crippen molar-refractivity contribution in [2.75, 3.05) is 7.11 Å². The number of hydrogen-bond donors (Lipinski definition) is 0. The van der Waals surface area contributed by atoms with Gasteiger partial charge in [0.2, 0.25) is 0 Å². The maximum Gasteiger partial charge on any atom is 0.137 e. The molecule has 0 amide bonds. The summed E-state index contributed by atoms with van der Waals surface area (Å²) in [5, 5.41) is 3.06. The second-order valence-corrected chi connectivity index (χ2v) is 7.20. The maximum atomic E-state index is 5.96. The number of methoxy groups -OCH3 is 1. The first-order chi connectivity index (χ1) is 10.6. The zero-order chi connectivity index (χ0) is 15.7. The minimum Gasteiger partial charge on any atom is -0.495 e. The van der Waals surface area contributed by atoms with Crippen LogP contribution < -0.4 is 4.74 Å². The summed E-state index contributed by atoms with van der Waals surface area (Å²) < 4.78 is 7.68. The first kappa shape index (κ1) is 15.9. The van der Waals surface area contributed by atoms with Crippen molar-refractivity contribution in [1.82, 2.24) is 0 Å². The monoisotopic (exact) mass is 438 g/mol. The zero-order valence-corrected chi connectivity index (χ0v) is 15.8. The van der Waals surface area contributed by atoms with Crippen LogP contribution in [-0.4, -0.2) is 7.11 Å². The van der Waals surface area contributed by atoms with E-state index in [0.29, 0.717) is 0 Å². The summed E-state index contributed by atoms with van der Waals surface area (Å²) in [5.74, 6) is 0.879. The van der Waals surface area contributed by atoms with Crippen molar-refractivity contribution >= 4 is 54.2 Å². The van der Waals surface area contributed by atoms with Gasteiger partial charge in [-0.05, 0) is 62.6 Å². The average Bonchev–Trinajstić information content (AvgIpc) is 2.49. The first-order valence-electron chi connectivity index (χ1n) is 6.77. The number of fused-ring (bicyclic) bond motifs is 1. The van der Waals surface area contributed by atoms with Gasteiger partial charge in [0.15, 0.2) is 0 Å². The fourth-order valence-electron chi connectivity index (χ4n) is 2.54. The van der Waals surface area contributed by atoms with Gasteiger partial charge >= 0.3 is 0 Å². The molecule has 112 valence electrons. The lowest BCUT2D eigenvalue weighted by Gasteiger charge is -2.14. The smallest absolute Gasteiger partial charge is 0.137 e. The Morgan fingerprint density at radius 2 is 1.73 bits per heavy atom. The van der Waals surface area contributed by atoms with Crippen LogP contribution in [0.15, 0.2) is 57.5 Å². The van der Waals surface area contributed by atoms with Gasteiger partial charge in [-0.2, -0.15) is 0 Å². The highest BCUT2D eigenvalue weighted by Gasteiger charge is 2.13. The molecule has 0 saturated heterocycles. The number of ether oxygens (including phenoxy) is 1. The molecule has 0 aromatic heterocycles. The predicted octanol–water partition coefficient (Wildman–Crippen LogP) is 6.62. The van der Waals surface area contributed by atoms with E-state index in [9.17, 15) is 0 Å². The first-order valence-corrected chi connectivity index (χ1v) is 8.74. The lowest BCUT2D eigenvalue weighted by molar-refractivity contribution is 0.408. The zero-order valence-electron chi connectivity index (χ0n) is 11.9. The van der Waals surface area contributed by atoms with E-state index in [-0.39, 0.29) is 0 Å². The van der Waals surface area contributed by atoms with E-state index >= 15 is 0 Å². The molecule has 4 heteroatoms. The molecular weight excluding hydrogens is 427 g/mol. The molecule has 0 bridgehead atoms. The topological polar surface area (TPSA) is 9.23 Å². The number of hydrogen-bond acceptors (Lipinski definition) is 1. The Kier molecular flexibility index (Phi) is 4.76. The Morgan fingerprint density at radius 1 is 1.00 bits per heavy atom. The van der Waals surface area contributed by atoms with Crippen molar-refractivity contribution in [3.63, 3.8) is 0 Å². The van der Waals surface area contributed by atoms with Crippen LogP contribution >= 0.6 is 43.5 Å². The van der Waals surface area contributed by atoms with Crippen LogP contribution in [0.1, 0.15) is 11.1 Å². The second-order valence-electron chi connectivity index (χ2n) is 5.05. The molecule has 3 aromatic carbocycles. The summed E-state index contributed by atoms with van der Waals surface area (Å²) >= 11 is 13.2. The third kappa shape index (κ3) is 3.17. The molecule has 1 nitrogen and oxygen atoms in total. The Hall–Kier alpha value is -1.03. The van der Waals surface area contributed by atoms with E-state index in [2.05, 4.69) is 50.1 Å². The number of benzene rings is 3. The summed E-state index contributed by atoms with van der Waals surface area (Å²) in [6.07, 6.45) is 0.793. The van der Waals surface area contributed by atoms with Gasteiger partial charge in [0.1, 0.15) is 5.75 Å². The molecule has 22 heavy (non-hydrogen) atoms. The highest BCUT2D eigenvalue weighted by molar-refractivity contribution is 9.11. The molecule has 0 unspecified atom stereocenters. The van der Waals surface area contributed by atoms with Gasteiger partial charge in [-0.1, -0.05) is 45.7 Å². The fraction of sp³-hybridized carbons (Fsp3) is 0.111. The van der Waals surface area contributed by atoms with E-state index in [1.807, 2.05) is 30.3 Å². The quantitative estimate of drug-likeness (QED) is 0.445. The Labute approximate surface area is 151 Å². The number of halogens is 3. The molecule has 0 aliphatic heterocycles. The van der Waals surface area contributed by atoms with Crippen LogP contribution in [-0.2, 0) is 6.42 Å². The lowest BCUT2D eigenvalue weighted by Crippen LogP contribution is -1.96. The van der Waals surface area contributed by atoms with Crippen LogP contribution in [0.3, 0.4) is 0 Å². The Bertz CT molecular complexity index is 829. The van der Waals surface area contributed by atoms with Gasteiger partial charge in [-0.15, -0.1) is 0 Å². The van der Waals surface area contributed by atoms with E-state index in [1.54, 1.807) is 7.11 Å². The van der Waals surface area contributed by atoms with Crippen LogP contribution in [0.2, 0.25) is 5.02 Å². The summed E-state index contributed by atoms with van der Waals surface area (Å²) in [6.45, 7) is 0. The van der Waals surface area contributed by atoms with Crippen LogP contribution in [0.25, 0.3) is 10.8 Å². The van der Waals surface area contributed by atoms with Crippen molar-refractivity contribution in [2.24, 2.45) is 0 Å². The van der Waals surface area contributed by atoms with E-state index in [4.69, 9.17) is 16.3 Å². The Morgan fingerprint density at radius 3 is 2.41 bits per heavy atom. The highest BCUT2D eigenvalue weighted by Crippen LogP contribution is 2.38. The summed E-state index contributed by atoms with van der Waals surface area (Å²) in [6, 6.07) is 16.3. The minimum atomic E-state index is 0.749. The third-order valence-electron chi connectivity index (χ3n) is 3.58. The van der Waals surface area contributed by atoms with Gasteiger partial charge in [0.05, 0.1) is 11.6 Å². The third-order valence-corrected chi connectivity index (χ3v) is 5.12. The largest absolute Gasteiger partial charge is 0.495 e. The van der Waals surface area contributed by atoms with Crippen molar-refractivity contribution < 1.29 is 4.74 Å². The number of rotatable bonds is 3. The molecule has 3 rings (SSSR count). The van der Waals surface area contributed by atoms with Crippen LogP contribution in [0.5, 0.6) is 5.75 Å². The SMILES string of the molecule is COc1c(Cc2ccc(Cl)cc2)cc2cc(Br)ccc2c1Br. The molecule has 0 fully saturated rings. The molecule has 0 aliphatic carbocycles. The average molecular weight is 441 g/mol. The predicted molar refractivity (Wildman–Crippen MR) is 100 cm³/mol. The van der Waals surface area contributed by atoms with Crippen molar-refractivity contribution in [1.29, 1.82) is 0 Å². The summed E-state index contributed by atoms with van der Waals surface area (Å²) in [7, 11) is 1.70. The molecule has 0 aliphatic rings. The summed E-state index contributed by atoms with van der Waals surface area (Å²) in [4.78, 5) is 0. The van der Waals surface area contributed by atoms with Crippen molar-refractivity contribution in [3.05, 3.63) is 73.6 Å². The summed E-state index contributed by atoms with van der Waals surface area (Å²) in [5.41, 5.74) is 2.34. The second kappa shape index (κ2) is 6.61. The Balaban J connectivity index is 2.12. The molecule has 0 N–H and O–H groups in total. The van der Waals surface area contributed by atoms with Gasteiger partial charge in [0.25, 0.3) is 0 Å². The fourth-order valence-corrected chi connectivity index (χ4v) is 3.83. The lowest BCUT2D eigenvalue weighted by atomic mass is 10.00. The van der Waals surface area contributed by atoms with Gasteiger partial charge in [-0.3, -0.25) is 0 Å². The standard InChI is InChI=1S/C18H13Br2ClO/c1-22-18-13(8-11-2-5-15(21)6-3-11)9-12-10-14(19)4-7-16(12)17(18)20/h2-7,9-10H,8H2,1H3. The maximum absolute atomic E-state index is 5.96. The van der Waals surface area contributed by atoms with Crippen LogP contribution in [0, 0.1) is 0 Å². The van der Waals surface area contributed by atoms with Gasteiger partial charge in [-0.25, -0.2) is 0 Å². The van der Waals surface area contributed by atoms with E-state index in [1.165, 1.54) is 10.9 Å². The van der Waals surface area contributed by atoms with Gasteiger partial charge in [0, 0.05) is 21.5 Å². The highest BCUT2D eigenvalue weighted by atomic mass is 79.9. The molecule has 3 aromatic rings. The van der Waals surface area contributed by atoms with Gasteiger partial charge < -0.3 is 4.74 Å². The van der Waals surface area contributed by atoms with E-state index < -0.39 is 0 Å². The molecule has 0 saturated carbocycles. The molecule has 0 heterocycles.